The molecule has 0 aliphatic carbocycles. The van der Waals surface area contributed by atoms with Gasteiger partial charge in [0.1, 0.15) is 12.2 Å². The van der Waals surface area contributed by atoms with Crippen LogP contribution in [0.5, 0.6) is 0 Å². The zero-order chi connectivity index (χ0) is 10.5. The van der Waals surface area contributed by atoms with E-state index in [4.69, 9.17) is 5.84 Å². The van der Waals surface area contributed by atoms with E-state index in [1.54, 1.807) is 12.4 Å². The molecule has 2 aromatic heterocycles. The maximum Gasteiger partial charge on any atom is 0.143 e. The number of hydrogen-bond acceptors (Lipinski definition) is 5. The van der Waals surface area contributed by atoms with Crippen molar-refractivity contribution < 1.29 is 0 Å². The van der Waals surface area contributed by atoms with Crippen LogP contribution in [-0.4, -0.2) is 20.2 Å². The van der Waals surface area contributed by atoms with Crippen LogP contribution in [0.3, 0.4) is 0 Å². The maximum atomic E-state index is 5.46. The van der Waals surface area contributed by atoms with E-state index in [9.17, 15) is 0 Å². The molecule has 2 aromatic rings. The number of aromatic amines is 1. The van der Waals surface area contributed by atoms with Crippen molar-refractivity contribution in [1.29, 1.82) is 0 Å². The highest BCUT2D eigenvalue weighted by Crippen LogP contribution is 2.12. The Morgan fingerprint density at radius 1 is 1.40 bits per heavy atom. The van der Waals surface area contributed by atoms with Crippen LogP contribution in [0.1, 0.15) is 17.4 Å². The molecule has 0 saturated carbocycles. The molecule has 78 valence electrons. The summed E-state index contributed by atoms with van der Waals surface area (Å²) in [5, 5.41) is 6.58. The van der Waals surface area contributed by atoms with E-state index < -0.39 is 0 Å². The van der Waals surface area contributed by atoms with E-state index in [0.717, 1.165) is 17.8 Å². The SMILES string of the molecule is NNC(Cc1ccncc1)c1ncn[nH]1. The van der Waals surface area contributed by atoms with Crippen LogP contribution in [0.15, 0.2) is 30.9 Å². The van der Waals surface area contributed by atoms with Crippen molar-refractivity contribution in [2.75, 3.05) is 0 Å². The smallest absolute Gasteiger partial charge is 0.143 e. The van der Waals surface area contributed by atoms with Gasteiger partial charge in [-0.3, -0.25) is 15.9 Å². The van der Waals surface area contributed by atoms with Gasteiger partial charge in [-0.25, -0.2) is 10.4 Å². The van der Waals surface area contributed by atoms with Crippen LogP contribution in [0.25, 0.3) is 0 Å². The summed E-state index contributed by atoms with van der Waals surface area (Å²) in [7, 11) is 0. The predicted octanol–water partition coefficient (Wildman–Crippen LogP) is -0.0532. The number of nitrogens with zero attached hydrogens (tertiary/aromatic N) is 3. The van der Waals surface area contributed by atoms with Gasteiger partial charge >= 0.3 is 0 Å². The third-order valence-electron chi connectivity index (χ3n) is 2.15. The monoisotopic (exact) mass is 204 g/mol. The lowest BCUT2D eigenvalue weighted by atomic mass is 10.1. The first-order valence-electron chi connectivity index (χ1n) is 4.60. The van der Waals surface area contributed by atoms with Gasteiger partial charge < -0.3 is 0 Å². The first kappa shape index (κ1) is 9.75. The summed E-state index contributed by atoms with van der Waals surface area (Å²) in [6, 6.07) is 3.83. The Kier molecular flexibility index (Phi) is 3.01. The number of aromatic nitrogens is 4. The van der Waals surface area contributed by atoms with Crippen molar-refractivity contribution in [3.8, 4) is 0 Å². The minimum absolute atomic E-state index is 0.0603. The molecular formula is C9H12N6. The van der Waals surface area contributed by atoms with E-state index in [1.165, 1.54) is 6.33 Å². The van der Waals surface area contributed by atoms with Gasteiger partial charge in [0.25, 0.3) is 0 Å². The molecule has 0 saturated heterocycles. The average Bonchev–Trinajstić information content (AvgIpc) is 2.81. The summed E-state index contributed by atoms with van der Waals surface area (Å²) in [4.78, 5) is 8.01. The molecule has 15 heavy (non-hydrogen) atoms. The molecule has 0 aliphatic rings. The molecule has 0 spiro atoms. The zero-order valence-electron chi connectivity index (χ0n) is 8.09. The van der Waals surface area contributed by atoms with E-state index in [-0.39, 0.29) is 6.04 Å². The standard InChI is InChI=1S/C9H12N6/c10-14-8(9-12-6-13-15-9)5-7-1-3-11-4-2-7/h1-4,6,8,14H,5,10H2,(H,12,13,15). The Morgan fingerprint density at radius 3 is 2.80 bits per heavy atom. The van der Waals surface area contributed by atoms with Crippen molar-refractivity contribution in [3.05, 3.63) is 42.2 Å². The van der Waals surface area contributed by atoms with Gasteiger partial charge in [0.2, 0.25) is 0 Å². The molecule has 0 radical (unpaired) electrons. The Balaban J connectivity index is 2.10. The molecule has 1 unspecified atom stereocenters. The summed E-state index contributed by atoms with van der Waals surface area (Å²) in [5.41, 5.74) is 3.84. The first-order chi connectivity index (χ1) is 7.40. The summed E-state index contributed by atoms with van der Waals surface area (Å²) >= 11 is 0. The van der Waals surface area contributed by atoms with Crippen molar-refractivity contribution in [3.63, 3.8) is 0 Å². The van der Waals surface area contributed by atoms with Crippen molar-refractivity contribution >= 4 is 0 Å². The molecule has 0 fully saturated rings. The number of nitrogens with two attached hydrogens (primary N) is 1. The quantitative estimate of drug-likeness (QED) is 0.479. The highest BCUT2D eigenvalue weighted by Gasteiger charge is 2.12. The summed E-state index contributed by atoms with van der Waals surface area (Å²) in [6.45, 7) is 0. The second kappa shape index (κ2) is 4.63. The molecule has 0 aromatic carbocycles. The third-order valence-corrected chi connectivity index (χ3v) is 2.15. The molecule has 0 bridgehead atoms. The second-order valence-electron chi connectivity index (χ2n) is 3.15. The van der Waals surface area contributed by atoms with Crippen LogP contribution in [0, 0.1) is 0 Å². The number of nitrogens with one attached hydrogen (secondary N) is 2. The van der Waals surface area contributed by atoms with Crippen LogP contribution < -0.4 is 11.3 Å². The molecule has 2 rings (SSSR count). The van der Waals surface area contributed by atoms with E-state index in [2.05, 4.69) is 25.6 Å². The summed E-state index contributed by atoms with van der Waals surface area (Å²) in [6.07, 6.45) is 5.72. The topological polar surface area (TPSA) is 92.5 Å². The van der Waals surface area contributed by atoms with Crippen LogP contribution in [-0.2, 0) is 6.42 Å². The van der Waals surface area contributed by atoms with E-state index in [0.29, 0.717) is 0 Å². The second-order valence-corrected chi connectivity index (χ2v) is 3.15. The van der Waals surface area contributed by atoms with E-state index >= 15 is 0 Å². The van der Waals surface area contributed by atoms with Crippen LogP contribution in [0.4, 0.5) is 0 Å². The van der Waals surface area contributed by atoms with Gasteiger partial charge in [-0.15, -0.1) is 0 Å². The fraction of sp³-hybridized carbons (Fsp3) is 0.222. The largest absolute Gasteiger partial charge is 0.271 e. The minimum Gasteiger partial charge on any atom is -0.271 e. The Morgan fingerprint density at radius 2 is 2.20 bits per heavy atom. The number of hydrazine groups is 1. The van der Waals surface area contributed by atoms with Crippen molar-refractivity contribution in [1.82, 2.24) is 25.6 Å². The lowest BCUT2D eigenvalue weighted by Crippen LogP contribution is -2.30. The minimum atomic E-state index is -0.0603. The van der Waals surface area contributed by atoms with Crippen molar-refractivity contribution in [2.24, 2.45) is 5.84 Å². The fourth-order valence-corrected chi connectivity index (χ4v) is 1.37. The number of hydrogen-bond donors (Lipinski definition) is 3. The molecule has 1 atom stereocenters. The molecule has 2 heterocycles. The lowest BCUT2D eigenvalue weighted by molar-refractivity contribution is 0.524. The molecule has 0 aliphatic heterocycles. The Bertz CT molecular complexity index is 384. The average molecular weight is 204 g/mol. The Hall–Kier alpha value is -1.79. The molecule has 0 amide bonds. The van der Waals surface area contributed by atoms with Crippen LogP contribution in [0.2, 0.25) is 0 Å². The molecular weight excluding hydrogens is 192 g/mol. The lowest BCUT2D eigenvalue weighted by Gasteiger charge is -2.12. The zero-order valence-corrected chi connectivity index (χ0v) is 8.09. The van der Waals surface area contributed by atoms with Gasteiger partial charge in [0.15, 0.2) is 0 Å². The summed E-state index contributed by atoms with van der Waals surface area (Å²) in [5.74, 6) is 6.19. The third kappa shape index (κ3) is 2.36. The molecule has 4 N–H and O–H groups in total. The fourth-order valence-electron chi connectivity index (χ4n) is 1.37. The van der Waals surface area contributed by atoms with Gasteiger partial charge in [-0.2, -0.15) is 5.10 Å². The van der Waals surface area contributed by atoms with Crippen LogP contribution >= 0.6 is 0 Å². The number of rotatable bonds is 4. The maximum absolute atomic E-state index is 5.46. The highest BCUT2D eigenvalue weighted by atomic mass is 15.3. The van der Waals surface area contributed by atoms with Crippen molar-refractivity contribution in [2.45, 2.75) is 12.5 Å². The van der Waals surface area contributed by atoms with Gasteiger partial charge in [-0.05, 0) is 24.1 Å². The first-order valence-corrected chi connectivity index (χ1v) is 4.60. The number of pyridine rings is 1. The summed E-state index contributed by atoms with van der Waals surface area (Å²) < 4.78 is 0. The number of H-pyrrole nitrogens is 1. The van der Waals surface area contributed by atoms with Gasteiger partial charge in [-0.1, -0.05) is 0 Å². The van der Waals surface area contributed by atoms with Gasteiger partial charge in [0.05, 0.1) is 6.04 Å². The molecule has 6 nitrogen and oxygen atoms in total. The normalized spacial score (nSPS) is 12.6. The van der Waals surface area contributed by atoms with Gasteiger partial charge in [0, 0.05) is 12.4 Å². The van der Waals surface area contributed by atoms with E-state index in [1.807, 2.05) is 12.1 Å². The Labute approximate surface area is 86.9 Å². The predicted molar refractivity (Wildman–Crippen MR) is 54.4 cm³/mol. The molecule has 6 heteroatoms. The highest BCUT2D eigenvalue weighted by molar-refractivity contribution is 5.13.